The van der Waals surface area contributed by atoms with Crippen molar-refractivity contribution in [3.05, 3.63) is 0 Å². The van der Waals surface area contributed by atoms with Gasteiger partial charge >= 0.3 is 5.97 Å². The van der Waals surface area contributed by atoms with Crippen molar-refractivity contribution in [1.82, 2.24) is 53.2 Å². The van der Waals surface area contributed by atoms with Crippen molar-refractivity contribution in [2.75, 3.05) is 32.9 Å². The first-order valence-electron chi connectivity index (χ1n) is 26.1. The highest BCUT2D eigenvalue weighted by Crippen LogP contribution is 2.35. The molecule has 20 N–H and O–H groups in total. The number of carboxylic acids is 1. The summed E-state index contributed by atoms with van der Waals surface area (Å²) >= 11 is 0. The Bertz CT molecular complexity index is 2280. The van der Waals surface area contributed by atoms with E-state index in [0.29, 0.717) is 0 Å². The maximum atomic E-state index is 13.6. The van der Waals surface area contributed by atoms with Crippen molar-refractivity contribution in [3.63, 3.8) is 0 Å². The van der Waals surface area contributed by atoms with Crippen LogP contribution in [0.5, 0.6) is 0 Å². The summed E-state index contributed by atoms with van der Waals surface area (Å²) in [6, 6.07) is -12.4. The van der Waals surface area contributed by atoms with E-state index >= 15 is 0 Å². The third-order valence-corrected chi connectivity index (χ3v) is 12.9. The highest BCUT2D eigenvalue weighted by molar-refractivity contribution is 5.95. The van der Waals surface area contributed by atoms with Crippen LogP contribution in [-0.2, 0) is 81.2 Å². The van der Waals surface area contributed by atoms with Gasteiger partial charge in [0.05, 0.1) is 32.0 Å². The summed E-state index contributed by atoms with van der Waals surface area (Å²) in [6.45, 7) is 5.68. The van der Waals surface area contributed by atoms with Crippen molar-refractivity contribution in [2.45, 2.75) is 190 Å². The lowest BCUT2D eigenvalue weighted by molar-refractivity contribution is -0.313. The fourth-order valence-corrected chi connectivity index (χ4v) is 8.39. The van der Waals surface area contributed by atoms with Crippen LogP contribution in [0.3, 0.4) is 0 Å². The molecule has 35 nitrogen and oxygen atoms in total. The molecule has 11 amide bonds. The second-order valence-electron chi connectivity index (χ2n) is 19.8. The predicted molar refractivity (Wildman–Crippen MR) is 273 cm³/mol. The second kappa shape index (κ2) is 32.7. The topological polar surface area (TPSA) is 545 Å². The smallest absolute Gasteiger partial charge is 0.322 e. The van der Waals surface area contributed by atoms with Gasteiger partial charge in [-0.05, 0) is 53.9 Å². The van der Waals surface area contributed by atoms with Gasteiger partial charge in [-0.15, -0.1) is 0 Å². The molecule has 82 heavy (non-hydrogen) atoms. The number of nitrogens with one attached hydrogen (secondary N) is 10. The molecule has 0 aromatic rings. The third kappa shape index (κ3) is 20.9. The molecule has 3 aliphatic rings. The van der Waals surface area contributed by atoms with Gasteiger partial charge in [-0.3, -0.25) is 57.5 Å². The lowest BCUT2D eigenvalue weighted by atomic mass is 9.95. The van der Waals surface area contributed by atoms with Crippen LogP contribution in [0.15, 0.2) is 0 Å². The van der Waals surface area contributed by atoms with E-state index in [4.69, 9.17) is 40.3 Å². The van der Waals surface area contributed by atoms with Crippen molar-refractivity contribution in [1.29, 1.82) is 0 Å². The Labute approximate surface area is 469 Å². The van der Waals surface area contributed by atoms with Crippen LogP contribution in [0.1, 0.15) is 74.1 Å². The number of aliphatic hydroxyl groups excluding tert-OH is 5. The molecule has 19 atom stereocenters. The van der Waals surface area contributed by atoms with Crippen LogP contribution in [0.4, 0.5) is 0 Å². The number of aliphatic hydroxyl groups is 5. The maximum absolute atomic E-state index is 13.6. The summed E-state index contributed by atoms with van der Waals surface area (Å²) in [5.41, 5.74) is 11.0. The first kappa shape index (κ1) is 69.5. The third-order valence-electron chi connectivity index (χ3n) is 12.9. The van der Waals surface area contributed by atoms with Gasteiger partial charge in [-0.25, -0.2) is 0 Å². The fourth-order valence-electron chi connectivity index (χ4n) is 8.39. The van der Waals surface area contributed by atoms with E-state index < -0.39 is 219 Å². The molecule has 0 radical (unpaired) electrons. The Balaban J connectivity index is 1.61. The maximum Gasteiger partial charge on any atom is 0.322 e. The standard InChI is InChI=1S/C47H78N12O23/c1-17(48)39(71)59-31(20(4)62)45(77)53-19(3)41(73)58-26(14-60)44(76)50-12-8-9-25(43(75)51-13-30(66)67)56-29(65)11-10-24(38(49)70)57-40(72)18(2)52-42(74)21(5)79-37-33(55-23(7)64)46-78-16-28(81-46)36(37)82-47-32(54-22(6)63)35(69)34(68)27(15-61)80-47/h17-21,24-28,31-37,46-47,60-62,68-69H,8-16,48H2,1-7H3,(H2,49,70)(H,50,76)(H,51,75)(H,52,74)(H,53,77)(H,54,63)(H,55,64)(H,56,65)(H,57,72)(H,58,73)(H,59,71)(H,66,67). The van der Waals surface area contributed by atoms with Crippen LogP contribution >= 0.6 is 0 Å². The van der Waals surface area contributed by atoms with Gasteiger partial charge in [-0.1, -0.05) is 0 Å². The average Bonchev–Trinajstić information content (AvgIpc) is 3.87. The number of ether oxygens (including phenoxy) is 5. The summed E-state index contributed by atoms with van der Waals surface area (Å²) in [4.78, 5) is 152. The van der Waals surface area contributed by atoms with Gasteiger partial charge in [0.25, 0.3) is 0 Å². The molecule has 19 unspecified atom stereocenters. The number of primary amides is 1. The van der Waals surface area contributed by atoms with Crippen LogP contribution in [-0.4, -0.2) is 250 Å². The molecule has 3 aliphatic heterocycles. The van der Waals surface area contributed by atoms with Gasteiger partial charge in [0.15, 0.2) is 12.6 Å². The molecule has 0 saturated carbocycles. The molecule has 35 heteroatoms. The predicted octanol–water partition coefficient (Wildman–Crippen LogP) is -10.6. The van der Waals surface area contributed by atoms with E-state index in [-0.39, 0.29) is 26.0 Å². The number of amides is 11. The zero-order valence-electron chi connectivity index (χ0n) is 46.1. The number of carboxylic acid groups (broad SMARTS) is 1. The lowest BCUT2D eigenvalue weighted by Crippen LogP contribution is -2.68. The van der Waals surface area contributed by atoms with E-state index in [1.165, 1.54) is 41.5 Å². The Morgan fingerprint density at radius 2 is 1.24 bits per heavy atom. The number of nitrogens with two attached hydrogens (primary N) is 2. The summed E-state index contributed by atoms with van der Waals surface area (Å²) < 4.78 is 29.8. The number of carbonyl (C=O) groups is 12. The molecule has 464 valence electrons. The van der Waals surface area contributed by atoms with E-state index in [0.717, 1.165) is 6.92 Å². The minimum Gasteiger partial charge on any atom is -0.480 e. The van der Waals surface area contributed by atoms with E-state index in [1.54, 1.807) is 0 Å². The zero-order chi connectivity index (χ0) is 61.9. The van der Waals surface area contributed by atoms with E-state index in [1.807, 2.05) is 0 Å². The van der Waals surface area contributed by atoms with Gasteiger partial charge in [0.1, 0.15) is 97.6 Å². The quantitative estimate of drug-likeness (QED) is 0.0278. The largest absolute Gasteiger partial charge is 0.480 e. The molecular formula is C47H78N12O23. The first-order valence-corrected chi connectivity index (χ1v) is 26.1. The van der Waals surface area contributed by atoms with Crippen LogP contribution in [0.25, 0.3) is 0 Å². The van der Waals surface area contributed by atoms with Crippen molar-refractivity contribution >= 4 is 70.9 Å². The van der Waals surface area contributed by atoms with Crippen molar-refractivity contribution in [2.24, 2.45) is 11.5 Å². The average molecular weight is 1180 g/mol. The number of carbonyl (C=O) groups excluding carboxylic acids is 11. The van der Waals surface area contributed by atoms with Gasteiger partial charge in [0.2, 0.25) is 65.0 Å². The zero-order valence-corrected chi connectivity index (χ0v) is 46.1. The molecule has 3 fully saturated rings. The molecule has 0 aromatic carbocycles. The molecule has 3 rings (SSSR count). The molecular weight excluding hydrogens is 1100 g/mol. The van der Waals surface area contributed by atoms with Gasteiger partial charge in [0, 0.05) is 26.8 Å². The number of rotatable bonds is 32. The number of fused-ring (bicyclic) bond motifs is 2. The van der Waals surface area contributed by atoms with Gasteiger partial charge in [-0.2, -0.15) is 0 Å². The Kier molecular flexibility index (Phi) is 27.7. The minimum absolute atomic E-state index is 0.0794. The summed E-state index contributed by atoms with van der Waals surface area (Å²) in [5, 5.41) is 83.7. The fraction of sp³-hybridized carbons (Fsp3) is 0.745. The molecule has 2 bridgehead atoms. The van der Waals surface area contributed by atoms with Gasteiger partial charge < -0.3 is 119 Å². The molecule has 3 heterocycles. The van der Waals surface area contributed by atoms with E-state index in [2.05, 4.69) is 53.2 Å². The molecule has 0 spiro atoms. The normalized spacial score (nSPS) is 26.2. The monoisotopic (exact) mass is 1180 g/mol. The Morgan fingerprint density at radius 3 is 1.79 bits per heavy atom. The summed E-state index contributed by atoms with van der Waals surface area (Å²) in [7, 11) is 0. The summed E-state index contributed by atoms with van der Waals surface area (Å²) in [5.74, 6) is -11.1. The van der Waals surface area contributed by atoms with Crippen LogP contribution in [0, 0.1) is 0 Å². The highest BCUT2D eigenvalue weighted by Gasteiger charge is 2.56. The Hall–Kier alpha value is -6.80. The number of aliphatic carboxylic acids is 1. The van der Waals surface area contributed by atoms with Crippen LogP contribution < -0.4 is 64.6 Å². The molecule has 0 aliphatic carbocycles. The van der Waals surface area contributed by atoms with Crippen molar-refractivity contribution in [3.8, 4) is 0 Å². The Morgan fingerprint density at radius 1 is 0.659 bits per heavy atom. The summed E-state index contributed by atoms with van der Waals surface area (Å²) in [6.07, 6.45) is -15.3. The second-order valence-corrected chi connectivity index (χ2v) is 19.8. The first-order chi connectivity index (χ1) is 38.4. The SMILES string of the molecule is CC(=O)NC1C(OC2C3COC(O3)C(NC(C)=O)C2OC(C)C(=O)NC(C)C(=O)NC(CCC(=O)NC(CCCNC(=O)C(CO)NC(=O)C(C)NC(=O)C(NC(=O)C(C)N)C(C)O)C(=O)NCC(=O)O)C(N)=O)OC(CO)C(O)C1O. The minimum atomic E-state index is -1.71. The number of hydrogen-bond donors (Lipinski definition) is 18. The van der Waals surface area contributed by atoms with Crippen molar-refractivity contribution < 1.29 is 112 Å². The van der Waals surface area contributed by atoms with Crippen LogP contribution in [0.2, 0.25) is 0 Å². The lowest BCUT2D eigenvalue weighted by Gasteiger charge is -2.47. The molecule has 0 aromatic heterocycles. The number of hydrogen-bond acceptors (Lipinski definition) is 23. The van der Waals surface area contributed by atoms with E-state index in [9.17, 15) is 83.1 Å². The highest BCUT2D eigenvalue weighted by atomic mass is 16.8. The molecule has 3 saturated heterocycles.